The highest BCUT2D eigenvalue weighted by atomic mass is 35.5. The van der Waals surface area contributed by atoms with Crippen LogP contribution >= 0.6 is 35.4 Å². The van der Waals surface area contributed by atoms with Crippen molar-refractivity contribution in [2.75, 3.05) is 10.6 Å². The fourth-order valence-electron chi connectivity index (χ4n) is 1.83. The second-order valence-corrected chi connectivity index (χ2v) is 7.80. The lowest BCUT2D eigenvalue weighted by molar-refractivity contribution is -0.117. The monoisotopic (exact) mass is 417 g/mol. The van der Waals surface area contributed by atoms with E-state index in [1.165, 1.54) is 24.3 Å². The van der Waals surface area contributed by atoms with Gasteiger partial charge in [0.1, 0.15) is 0 Å². The van der Waals surface area contributed by atoms with Crippen molar-refractivity contribution in [3.05, 3.63) is 52.5 Å². The molecule has 25 heavy (non-hydrogen) atoms. The van der Waals surface area contributed by atoms with E-state index >= 15 is 0 Å². The maximum absolute atomic E-state index is 11.9. The zero-order valence-corrected chi connectivity index (χ0v) is 16.0. The molecule has 0 atom stereocenters. The summed E-state index contributed by atoms with van der Waals surface area (Å²) >= 11 is 17.0. The van der Waals surface area contributed by atoms with E-state index in [0.29, 0.717) is 21.4 Å². The first-order chi connectivity index (χ1) is 11.7. The summed E-state index contributed by atoms with van der Waals surface area (Å²) in [6.07, 6.45) is 0. The molecule has 132 valence electrons. The Bertz CT molecular complexity index is 916. The fraction of sp³-hybridized carbons (Fsp3) is 0.0667. The van der Waals surface area contributed by atoms with Crippen LogP contribution in [0.2, 0.25) is 10.0 Å². The average Bonchev–Trinajstić information content (AvgIpc) is 2.50. The number of rotatable bonds is 4. The van der Waals surface area contributed by atoms with E-state index in [4.69, 9.17) is 35.4 Å². The van der Waals surface area contributed by atoms with Gasteiger partial charge in [-0.15, -0.1) is 0 Å². The SMILES string of the molecule is CC(=O)NS(=O)(=O)c1ccc(NC(=S)Nc2ccc(Cl)c(Cl)c2)cc1. The Morgan fingerprint density at radius 1 is 0.960 bits per heavy atom. The molecule has 0 aliphatic rings. The fourth-order valence-corrected chi connectivity index (χ4v) is 3.36. The summed E-state index contributed by atoms with van der Waals surface area (Å²) in [5, 5.41) is 6.95. The van der Waals surface area contributed by atoms with E-state index in [1.807, 2.05) is 4.72 Å². The van der Waals surface area contributed by atoms with Gasteiger partial charge in [-0.1, -0.05) is 23.2 Å². The minimum Gasteiger partial charge on any atom is -0.332 e. The maximum atomic E-state index is 11.9. The highest BCUT2D eigenvalue weighted by molar-refractivity contribution is 7.90. The number of hydrogen-bond acceptors (Lipinski definition) is 4. The molecule has 0 unspecified atom stereocenters. The number of hydrogen-bond donors (Lipinski definition) is 3. The minimum atomic E-state index is -3.87. The molecule has 0 bridgehead atoms. The lowest BCUT2D eigenvalue weighted by Gasteiger charge is -2.12. The lowest BCUT2D eigenvalue weighted by atomic mass is 10.3. The van der Waals surface area contributed by atoms with E-state index in [0.717, 1.165) is 6.92 Å². The van der Waals surface area contributed by atoms with Crippen LogP contribution in [0.3, 0.4) is 0 Å². The van der Waals surface area contributed by atoms with Crippen LogP contribution in [0.4, 0.5) is 11.4 Å². The lowest BCUT2D eigenvalue weighted by Crippen LogP contribution is -2.28. The highest BCUT2D eigenvalue weighted by Crippen LogP contribution is 2.25. The van der Waals surface area contributed by atoms with Crippen molar-refractivity contribution in [3.8, 4) is 0 Å². The van der Waals surface area contributed by atoms with Gasteiger partial charge in [-0.2, -0.15) is 0 Å². The van der Waals surface area contributed by atoms with Gasteiger partial charge in [0, 0.05) is 18.3 Å². The smallest absolute Gasteiger partial charge is 0.264 e. The zero-order valence-electron chi connectivity index (χ0n) is 12.8. The molecule has 0 aliphatic carbocycles. The Labute approximate surface area is 160 Å². The van der Waals surface area contributed by atoms with Gasteiger partial charge in [-0.25, -0.2) is 13.1 Å². The summed E-state index contributed by atoms with van der Waals surface area (Å²) < 4.78 is 25.6. The van der Waals surface area contributed by atoms with Crippen LogP contribution in [0, 0.1) is 0 Å². The Morgan fingerprint density at radius 3 is 2.08 bits per heavy atom. The van der Waals surface area contributed by atoms with Crippen LogP contribution in [0.5, 0.6) is 0 Å². The number of amides is 1. The molecule has 0 saturated carbocycles. The Morgan fingerprint density at radius 2 is 1.52 bits per heavy atom. The number of nitrogens with one attached hydrogen (secondary N) is 3. The van der Waals surface area contributed by atoms with Gasteiger partial charge < -0.3 is 10.6 Å². The van der Waals surface area contributed by atoms with Gasteiger partial charge in [0.25, 0.3) is 10.0 Å². The third kappa shape index (κ3) is 5.57. The molecule has 0 heterocycles. The Hall–Kier alpha value is -1.87. The first kappa shape index (κ1) is 19.5. The number of thiocarbonyl (C=S) groups is 1. The quantitative estimate of drug-likeness (QED) is 0.658. The van der Waals surface area contributed by atoms with E-state index in [-0.39, 0.29) is 10.0 Å². The van der Waals surface area contributed by atoms with E-state index in [2.05, 4.69) is 10.6 Å². The van der Waals surface area contributed by atoms with Crippen molar-refractivity contribution in [1.29, 1.82) is 0 Å². The summed E-state index contributed by atoms with van der Waals surface area (Å²) in [5.41, 5.74) is 1.22. The predicted molar refractivity (Wildman–Crippen MR) is 104 cm³/mol. The number of carbonyl (C=O) groups excluding carboxylic acids is 1. The van der Waals surface area contributed by atoms with Gasteiger partial charge in [-0.05, 0) is 54.7 Å². The Balaban J connectivity index is 2.04. The molecule has 6 nitrogen and oxygen atoms in total. The largest absolute Gasteiger partial charge is 0.332 e. The van der Waals surface area contributed by atoms with Crippen molar-refractivity contribution in [2.24, 2.45) is 0 Å². The van der Waals surface area contributed by atoms with Crippen LogP contribution in [0.15, 0.2) is 47.4 Å². The van der Waals surface area contributed by atoms with Crippen LogP contribution in [-0.2, 0) is 14.8 Å². The first-order valence-corrected chi connectivity index (χ1v) is 9.48. The van der Waals surface area contributed by atoms with E-state index in [9.17, 15) is 13.2 Å². The van der Waals surface area contributed by atoms with Gasteiger partial charge >= 0.3 is 0 Å². The molecule has 0 saturated heterocycles. The van der Waals surface area contributed by atoms with E-state index in [1.54, 1.807) is 18.2 Å². The summed E-state index contributed by atoms with van der Waals surface area (Å²) in [7, 11) is -3.87. The minimum absolute atomic E-state index is 0.0309. The number of anilines is 2. The molecule has 1 amide bonds. The topological polar surface area (TPSA) is 87.3 Å². The highest BCUT2D eigenvalue weighted by Gasteiger charge is 2.15. The first-order valence-electron chi connectivity index (χ1n) is 6.84. The molecule has 0 aromatic heterocycles. The third-order valence-corrected chi connectivity index (χ3v) is 5.27. The maximum Gasteiger partial charge on any atom is 0.264 e. The van der Waals surface area contributed by atoms with Crippen LogP contribution in [-0.4, -0.2) is 19.4 Å². The standard InChI is InChI=1S/C15H13Cl2N3O3S2/c1-9(21)20-25(22,23)12-5-2-10(3-6-12)18-15(24)19-11-4-7-13(16)14(17)8-11/h2-8H,1H3,(H,20,21)(H2,18,19,24). The normalized spacial score (nSPS) is 10.8. The van der Waals surface area contributed by atoms with E-state index < -0.39 is 15.9 Å². The van der Waals surface area contributed by atoms with Gasteiger partial charge in [0.05, 0.1) is 14.9 Å². The predicted octanol–water partition coefficient (Wildman–Crippen LogP) is 3.63. The summed E-state index contributed by atoms with van der Waals surface area (Å²) in [6.45, 7) is 1.13. The van der Waals surface area contributed by atoms with Crippen molar-refractivity contribution in [3.63, 3.8) is 0 Å². The number of benzene rings is 2. The van der Waals surface area contributed by atoms with Crippen molar-refractivity contribution < 1.29 is 13.2 Å². The van der Waals surface area contributed by atoms with Crippen LogP contribution < -0.4 is 15.4 Å². The second-order valence-electron chi connectivity index (χ2n) is 4.89. The third-order valence-electron chi connectivity index (χ3n) is 2.88. The van der Waals surface area contributed by atoms with Crippen molar-refractivity contribution >= 4 is 67.8 Å². The molecular weight excluding hydrogens is 405 g/mol. The second kappa shape index (κ2) is 8.01. The summed E-state index contributed by atoms with van der Waals surface area (Å²) in [6, 6.07) is 10.7. The number of halogens is 2. The van der Waals surface area contributed by atoms with Gasteiger partial charge in [0.2, 0.25) is 5.91 Å². The van der Waals surface area contributed by atoms with Gasteiger partial charge in [-0.3, -0.25) is 4.79 Å². The molecule has 10 heteroatoms. The average molecular weight is 418 g/mol. The molecule has 0 aliphatic heterocycles. The summed E-state index contributed by atoms with van der Waals surface area (Å²) in [4.78, 5) is 10.9. The summed E-state index contributed by atoms with van der Waals surface area (Å²) in [5.74, 6) is -0.658. The van der Waals surface area contributed by atoms with Crippen LogP contribution in [0.25, 0.3) is 0 Å². The molecule has 3 N–H and O–H groups in total. The number of sulfonamides is 1. The van der Waals surface area contributed by atoms with Crippen LogP contribution in [0.1, 0.15) is 6.92 Å². The molecule has 2 aromatic carbocycles. The van der Waals surface area contributed by atoms with Gasteiger partial charge in [0.15, 0.2) is 5.11 Å². The molecule has 0 fully saturated rings. The van der Waals surface area contributed by atoms with Crippen molar-refractivity contribution in [2.45, 2.75) is 11.8 Å². The zero-order chi connectivity index (χ0) is 18.6. The number of carbonyl (C=O) groups is 1. The molecular formula is C15H13Cl2N3O3S2. The molecule has 2 aromatic rings. The molecule has 2 rings (SSSR count). The molecule has 0 radical (unpaired) electrons. The van der Waals surface area contributed by atoms with Crippen molar-refractivity contribution in [1.82, 2.24) is 4.72 Å². The Kier molecular flexibility index (Phi) is 6.23. The molecule has 0 spiro atoms.